The number of halogens is 1. The molecule has 31 heavy (non-hydrogen) atoms. The Morgan fingerprint density at radius 1 is 1.26 bits per heavy atom. The number of nitrogens with zero attached hydrogens (tertiary/aromatic N) is 2. The Bertz CT molecular complexity index is 972. The molecule has 2 amide bonds. The first-order chi connectivity index (χ1) is 14.9. The van der Waals surface area contributed by atoms with E-state index in [1.165, 1.54) is 0 Å². The molecule has 2 aromatic rings. The van der Waals surface area contributed by atoms with Crippen LogP contribution in [0.5, 0.6) is 5.75 Å². The summed E-state index contributed by atoms with van der Waals surface area (Å²) in [6.45, 7) is 5.48. The SMILES string of the molecule is Cc1cccc(CNC(=O)[C@H]2CC23CCN(C(=O)[C@H](C)Oc2cccc(Cl)c2)CC3)n1. The lowest BCUT2D eigenvalue weighted by atomic mass is 9.90. The Morgan fingerprint density at radius 2 is 2.00 bits per heavy atom. The molecule has 6 nitrogen and oxygen atoms in total. The quantitative estimate of drug-likeness (QED) is 0.740. The number of hydrogen-bond acceptors (Lipinski definition) is 4. The summed E-state index contributed by atoms with van der Waals surface area (Å²) >= 11 is 5.99. The van der Waals surface area contributed by atoms with Crippen LogP contribution in [-0.4, -0.2) is 40.9 Å². The van der Waals surface area contributed by atoms with Gasteiger partial charge in [0.15, 0.2) is 6.10 Å². The summed E-state index contributed by atoms with van der Waals surface area (Å²) in [5, 5.41) is 3.61. The van der Waals surface area contributed by atoms with E-state index in [0.29, 0.717) is 30.4 Å². The van der Waals surface area contributed by atoms with Gasteiger partial charge in [-0.1, -0.05) is 23.7 Å². The molecule has 1 aliphatic carbocycles. The largest absolute Gasteiger partial charge is 0.481 e. The van der Waals surface area contributed by atoms with Gasteiger partial charge in [0.1, 0.15) is 5.75 Å². The summed E-state index contributed by atoms with van der Waals surface area (Å²) < 4.78 is 5.77. The van der Waals surface area contributed by atoms with Crippen LogP contribution in [0.2, 0.25) is 5.02 Å². The minimum atomic E-state index is -0.576. The fourth-order valence-corrected chi connectivity index (χ4v) is 4.67. The third-order valence-corrected chi connectivity index (χ3v) is 6.66. The lowest BCUT2D eigenvalue weighted by Crippen LogP contribution is -2.45. The zero-order chi connectivity index (χ0) is 22.0. The molecule has 1 aromatic heterocycles. The lowest BCUT2D eigenvalue weighted by Gasteiger charge is -2.34. The van der Waals surface area contributed by atoms with Crippen LogP contribution >= 0.6 is 11.6 Å². The van der Waals surface area contributed by atoms with Crippen molar-refractivity contribution >= 4 is 23.4 Å². The van der Waals surface area contributed by atoms with Gasteiger partial charge in [-0.25, -0.2) is 0 Å². The van der Waals surface area contributed by atoms with Gasteiger partial charge in [0.2, 0.25) is 5.91 Å². The van der Waals surface area contributed by atoms with Gasteiger partial charge in [0, 0.05) is 29.7 Å². The van der Waals surface area contributed by atoms with E-state index in [1.54, 1.807) is 31.2 Å². The van der Waals surface area contributed by atoms with E-state index in [1.807, 2.05) is 30.0 Å². The number of rotatable bonds is 6. The van der Waals surface area contributed by atoms with Gasteiger partial charge in [0.25, 0.3) is 5.91 Å². The van der Waals surface area contributed by atoms with Crippen molar-refractivity contribution in [3.05, 3.63) is 58.9 Å². The van der Waals surface area contributed by atoms with E-state index < -0.39 is 6.10 Å². The molecule has 2 atom stereocenters. The van der Waals surface area contributed by atoms with Crippen LogP contribution in [0.15, 0.2) is 42.5 Å². The van der Waals surface area contributed by atoms with Crippen molar-refractivity contribution in [3.63, 3.8) is 0 Å². The monoisotopic (exact) mass is 441 g/mol. The second-order valence-corrected chi connectivity index (χ2v) is 9.09. The number of amides is 2. The first-order valence-corrected chi connectivity index (χ1v) is 11.2. The number of ether oxygens (including phenoxy) is 1. The van der Waals surface area contributed by atoms with Gasteiger partial charge in [-0.2, -0.15) is 0 Å². The fraction of sp³-hybridized carbons (Fsp3) is 0.458. The third kappa shape index (κ3) is 5.01. The van der Waals surface area contributed by atoms with Crippen molar-refractivity contribution in [2.75, 3.05) is 13.1 Å². The van der Waals surface area contributed by atoms with Gasteiger partial charge in [-0.05, 0) is 68.9 Å². The number of likely N-dealkylation sites (tertiary alicyclic amines) is 1. The number of carbonyl (C=O) groups is 2. The van der Waals surface area contributed by atoms with Crippen molar-refractivity contribution in [2.45, 2.75) is 45.8 Å². The lowest BCUT2D eigenvalue weighted by molar-refractivity contribution is -0.139. The Labute approximate surface area is 187 Å². The van der Waals surface area contributed by atoms with E-state index in [9.17, 15) is 9.59 Å². The molecule has 0 radical (unpaired) electrons. The van der Waals surface area contributed by atoms with Gasteiger partial charge < -0.3 is 15.0 Å². The highest BCUT2D eigenvalue weighted by atomic mass is 35.5. The van der Waals surface area contributed by atoms with Crippen molar-refractivity contribution < 1.29 is 14.3 Å². The standard InChI is InChI=1S/C24H28ClN3O3/c1-16-5-3-7-19(27-16)15-26-22(29)21-14-24(21)9-11-28(12-10-24)23(30)17(2)31-20-8-4-6-18(25)13-20/h3-8,13,17,21H,9-12,14-15H2,1-2H3,(H,26,29)/t17-,21+/m0/s1. The second-order valence-electron chi connectivity index (χ2n) is 8.65. The predicted molar refractivity (Wildman–Crippen MR) is 119 cm³/mol. The molecular formula is C24H28ClN3O3. The van der Waals surface area contributed by atoms with Crippen LogP contribution in [0.3, 0.4) is 0 Å². The number of benzene rings is 1. The first-order valence-electron chi connectivity index (χ1n) is 10.8. The molecule has 2 heterocycles. The molecule has 0 bridgehead atoms. The van der Waals surface area contributed by atoms with Gasteiger partial charge in [-0.15, -0.1) is 0 Å². The maximum atomic E-state index is 12.8. The first kappa shape index (κ1) is 21.6. The van der Waals surface area contributed by atoms with Crippen LogP contribution < -0.4 is 10.1 Å². The summed E-state index contributed by atoms with van der Waals surface area (Å²) in [6.07, 6.45) is 2.02. The number of pyridine rings is 1. The average molecular weight is 442 g/mol. The Balaban J connectivity index is 1.25. The topological polar surface area (TPSA) is 71.5 Å². The molecule has 1 saturated heterocycles. The molecule has 1 spiro atoms. The Morgan fingerprint density at radius 3 is 2.71 bits per heavy atom. The molecule has 1 N–H and O–H groups in total. The highest BCUT2D eigenvalue weighted by molar-refractivity contribution is 6.30. The summed E-state index contributed by atoms with van der Waals surface area (Å²) in [5.41, 5.74) is 1.86. The number of nitrogens with one attached hydrogen (secondary N) is 1. The maximum absolute atomic E-state index is 12.8. The maximum Gasteiger partial charge on any atom is 0.263 e. The minimum Gasteiger partial charge on any atom is -0.481 e. The fourth-order valence-electron chi connectivity index (χ4n) is 4.49. The third-order valence-electron chi connectivity index (χ3n) is 6.42. The van der Waals surface area contributed by atoms with Crippen LogP contribution in [-0.2, 0) is 16.1 Å². The van der Waals surface area contributed by atoms with E-state index in [0.717, 1.165) is 30.7 Å². The summed E-state index contributed by atoms with van der Waals surface area (Å²) in [6, 6.07) is 12.9. The van der Waals surface area contributed by atoms with Gasteiger partial charge in [0.05, 0.1) is 12.2 Å². The van der Waals surface area contributed by atoms with E-state index in [2.05, 4.69) is 10.3 Å². The Kier molecular flexibility index (Phi) is 6.19. The van der Waals surface area contributed by atoms with Crippen LogP contribution in [0.25, 0.3) is 0 Å². The number of aryl methyl sites for hydroxylation is 1. The van der Waals surface area contributed by atoms with Crippen LogP contribution in [0.4, 0.5) is 0 Å². The van der Waals surface area contributed by atoms with Crippen molar-refractivity contribution in [1.82, 2.24) is 15.2 Å². The van der Waals surface area contributed by atoms with E-state index in [4.69, 9.17) is 16.3 Å². The molecule has 1 saturated carbocycles. The predicted octanol–water partition coefficient (Wildman–Crippen LogP) is 3.76. The van der Waals surface area contributed by atoms with Gasteiger partial charge >= 0.3 is 0 Å². The zero-order valence-electron chi connectivity index (χ0n) is 17.9. The molecular weight excluding hydrogens is 414 g/mol. The molecule has 1 aliphatic heterocycles. The number of hydrogen-bond donors (Lipinski definition) is 1. The molecule has 1 aromatic carbocycles. The molecule has 0 unspecified atom stereocenters. The normalized spacial score (nSPS) is 20.2. The van der Waals surface area contributed by atoms with Crippen LogP contribution in [0, 0.1) is 18.3 Å². The second kappa shape index (κ2) is 8.87. The molecule has 2 aliphatic rings. The van der Waals surface area contributed by atoms with E-state index >= 15 is 0 Å². The van der Waals surface area contributed by atoms with Crippen LogP contribution in [0.1, 0.15) is 37.6 Å². The number of piperidine rings is 1. The molecule has 7 heteroatoms. The van der Waals surface area contributed by atoms with Crippen molar-refractivity contribution in [3.8, 4) is 5.75 Å². The molecule has 4 rings (SSSR count). The van der Waals surface area contributed by atoms with Crippen molar-refractivity contribution in [1.29, 1.82) is 0 Å². The summed E-state index contributed by atoms with van der Waals surface area (Å²) in [5.74, 6) is 0.696. The smallest absolute Gasteiger partial charge is 0.263 e. The van der Waals surface area contributed by atoms with Gasteiger partial charge in [-0.3, -0.25) is 14.6 Å². The zero-order valence-corrected chi connectivity index (χ0v) is 18.7. The van der Waals surface area contributed by atoms with E-state index in [-0.39, 0.29) is 23.1 Å². The number of carbonyl (C=O) groups excluding carboxylic acids is 2. The Hall–Kier alpha value is -2.60. The number of aromatic nitrogens is 1. The highest BCUT2D eigenvalue weighted by Gasteiger charge is 2.58. The molecule has 2 fully saturated rings. The van der Waals surface area contributed by atoms with Crippen molar-refractivity contribution in [2.24, 2.45) is 11.3 Å². The average Bonchev–Trinajstić information content (AvgIpc) is 3.45. The minimum absolute atomic E-state index is 0.0259. The summed E-state index contributed by atoms with van der Waals surface area (Å²) in [7, 11) is 0. The summed E-state index contributed by atoms with van der Waals surface area (Å²) in [4.78, 5) is 31.7. The molecule has 164 valence electrons. The highest BCUT2D eigenvalue weighted by Crippen LogP contribution is 2.59.